The Hall–Kier alpha value is -2.36. The second kappa shape index (κ2) is 9.03. The van der Waals surface area contributed by atoms with E-state index in [9.17, 15) is 17.6 Å². The number of benzene rings is 1. The van der Waals surface area contributed by atoms with Crippen molar-refractivity contribution in [2.45, 2.75) is 31.3 Å². The number of hydroxylamine groups is 1. The summed E-state index contributed by atoms with van der Waals surface area (Å²) in [6.45, 7) is 3.39. The van der Waals surface area contributed by atoms with Gasteiger partial charge in [0.05, 0.1) is 12.0 Å². The monoisotopic (exact) mass is 395 g/mol. The van der Waals surface area contributed by atoms with Gasteiger partial charge in [-0.15, -0.1) is 0 Å². The van der Waals surface area contributed by atoms with E-state index >= 15 is 0 Å². The van der Waals surface area contributed by atoms with Crippen LogP contribution in [0.25, 0.3) is 0 Å². The van der Waals surface area contributed by atoms with E-state index in [4.69, 9.17) is 0 Å². The SMILES string of the molecule is CONC(=O)[C@@H](C(C)C)N(Cc1cccnc1)S(=O)(=O)c1ccc(F)cc1. The van der Waals surface area contributed by atoms with Crippen LogP contribution >= 0.6 is 0 Å². The lowest BCUT2D eigenvalue weighted by atomic mass is 10.0. The summed E-state index contributed by atoms with van der Waals surface area (Å²) < 4.78 is 40.9. The molecule has 146 valence electrons. The minimum atomic E-state index is -4.10. The molecule has 0 bridgehead atoms. The number of aromatic nitrogens is 1. The maximum Gasteiger partial charge on any atom is 0.262 e. The second-order valence-corrected chi connectivity index (χ2v) is 8.12. The van der Waals surface area contributed by atoms with Crippen LogP contribution in [0.5, 0.6) is 0 Å². The Morgan fingerprint density at radius 3 is 2.44 bits per heavy atom. The zero-order valence-corrected chi connectivity index (χ0v) is 16.1. The maximum atomic E-state index is 13.3. The fraction of sp³-hybridized carbons (Fsp3) is 0.333. The molecule has 1 aromatic carbocycles. The molecule has 0 unspecified atom stereocenters. The average molecular weight is 395 g/mol. The van der Waals surface area contributed by atoms with Crippen LogP contribution in [0.4, 0.5) is 4.39 Å². The summed E-state index contributed by atoms with van der Waals surface area (Å²) in [5.41, 5.74) is 2.82. The predicted octanol–water partition coefficient (Wildman–Crippen LogP) is 2.11. The standard InChI is InChI=1S/C18H22FN3O4S/c1-13(2)17(18(23)21-26-3)22(12-14-5-4-10-20-11-14)27(24,25)16-8-6-15(19)7-9-16/h4-11,13,17H,12H2,1-3H3,(H,21,23)/t17-/m1/s1. The molecule has 0 spiro atoms. The second-order valence-electron chi connectivity index (χ2n) is 6.22. The van der Waals surface area contributed by atoms with Crippen molar-refractivity contribution in [2.24, 2.45) is 5.92 Å². The highest BCUT2D eigenvalue weighted by Crippen LogP contribution is 2.25. The molecular weight excluding hydrogens is 373 g/mol. The highest BCUT2D eigenvalue weighted by atomic mass is 32.2. The highest BCUT2D eigenvalue weighted by Gasteiger charge is 2.38. The van der Waals surface area contributed by atoms with Crippen molar-refractivity contribution in [2.75, 3.05) is 7.11 Å². The number of carbonyl (C=O) groups is 1. The number of hydrogen-bond acceptors (Lipinski definition) is 5. The van der Waals surface area contributed by atoms with Crippen molar-refractivity contribution in [1.82, 2.24) is 14.8 Å². The number of hydrogen-bond donors (Lipinski definition) is 1. The van der Waals surface area contributed by atoms with Crippen molar-refractivity contribution >= 4 is 15.9 Å². The van der Waals surface area contributed by atoms with E-state index < -0.39 is 27.8 Å². The first-order chi connectivity index (χ1) is 12.8. The summed E-state index contributed by atoms with van der Waals surface area (Å²) in [4.78, 5) is 21.1. The predicted molar refractivity (Wildman–Crippen MR) is 97.1 cm³/mol. The van der Waals surface area contributed by atoms with E-state index in [1.165, 1.54) is 25.4 Å². The topological polar surface area (TPSA) is 88.6 Å². The van der Waals surface area contributed by atoms with Crippen LogP contribution < -0.4 is 5.48 Å². The molecule has 2 aromatic rings. The number of amides is 1. The molecule has 0 fully saturated rings. The number of sulfonamides is 1. The fourth-order valence-corrected chi connectivity index (χ4v) is 4.38. The first-order valence-electron chi connectivity index (χ1n) is 8.26. The van der Waals surface area contributed by atoms with Gasteiger partial charge in [-0.25, -0.2) is 18.3 Å². The molecule has 7 nitrogen and oxygen atoms in total. The normalized spacial score (nSPS) is 13.0. The Kier molecular flexibility index (Phi) is 7.00. The van der Waals surface area contributed by atoms with E-state index in [0.717, 1.165) is 16.4 Å². The quantitative estimate of drug-likeness (QED) is 0.692. The van der Waals surface area contributed by atoms with Crippen LogP contribution in [-0.2, 0) is 26.2 Å². The number of nitrogens with one attached hydrogen (secondary N) is 1. The molecular formula is C18H22FN3O4S. The average Bonchev–Trinajstić information content (AvgIpc) is 2.62. The minimum Gasteiger partial charge on any atom is -0.277 e. The van der Waals surface area contributed by atoms with Crippen molar-refractivity contribution in [3.05, 3.63) is 60.2 Å². The first kappa shape index (κ1) is 20.9. The Morgan fingerprint density at radius 1 is 1.26 bits per heavy atom. The van der Waals surface area contributed by atoms with Crippen LogP contribution in [-0.4, -0.2) is 36.8 Å². The summed E-state index contributed by atoms with van der Waals surface area (Å²) in [5, 5.41) is 0. The maximum absolute atomic E-state index is 13.3. The van der Waals surface area contributed by atoms with Crippen molar-refractivity contribution in [3.63, 3.8) is 0 Å². The number of nitrogens with zero attached hydrogens (tertiary/aromatic N) is 2. The molecule has 0 aliphatic heterocycles. The van der Waals surface area contributed by atoms with Gasteiger partial charge in [-0.05, 0) is 41.8 Å². The van der Waals surface area contributed by atoms with Crippen molar-refractivity contribution in [1.29, 1.82) is 0 Å². The van der Waals surface area contributed by atoms with Crippen LogP contribution in [0.2, 0.25) is 0 Å². The van der Waals surface area contributed by atoms with Crippen LogP contribution in [0.3, 0.4) is 0 Å². The van der Waals surface area contributed by atoms with Crippen LogP contribution in [0.1, 0.15) is 19.4 Å². The Bertz CT molecular complexity index is 858. The number of carbonyl (C=O) groups excluding carboxylic acids is 1. The van der Waals surface area contributed by atoms with Gasteiger partial charge in [0.2, 0.25) is 10.0 Å². The lowest BCUT2D eigenvalue weighted by Gasteiger charge is -2.32. The summed E-state index contributed by atoms with van der Waals surface area (Å²) >= 11 is 0. The smallest absolute Gasteiger partial charge is 0.262 e. The molecule has 1 amide bonds. The summed E-state index contributed by atoms with van der Waals surface area (Å²) in [6.07, 6.45) is 3.10. The Balaban J connectivity index is 2.53. The van der Waals surface area contributed by atoms with E-state index in [1.54, 1.807) is 32.2 Å². The van der Waals surface area contributed by atoms with Gasteiger partial charge in [-0.1, -0.05) is 19.9 Å². The van der Waals surface area contributed by atoms with E-state index in [-0.39, 0.29) is 17.4 Å². The van der Waals surface area contributed by atoms with Gasteiger partial charge in [-0.3, -0.25) is 14.6 Å². The van der Waals surface area contributed by atoms with Gasteiger partial charge in [-0.2, -0.15) is 4.31 Å². The third-order valence-corrected chi connectivity index (χ3v) is 5.74. The molecule has 0 aliphatic carbocycles. The zero-order chi connectivity index (χ0) is 20.0. The molecule has 1 aromatic heterocycles. The molecule has 1 atom stereocenters. The summed E-state index contributed by atoms with van der Waals surface area (Å²) in [7, 11) is -2.83. The van der Waals surface area contributed by atoms with Gasteiger partial charge < -0.3 is 0 Å². The van der Waals surface area contributed by atoms with E-state index in [1.807, 2.05) is 0 Å². The fourth-order valence-electron chi connectivity index (χ4n) is 2.67. The summed E-state index contributed by atoms with van der Waals surface area (Å²) in [5.74, 6) is -1.50. The molecule has 0 radical (unpaired) electrons. The van der Waals surface area contributed by atoms with E-state index in [2.05, 4.69) is 15.3 Å². The molecule has 0 saturated carbocycles. The highest BCUT2D eigenvalue weighted by molar-refractivity contribution is 7.89. The zero-order valence-electron chi connectivity index (χ0n) is 15.3. The summed E-state index contributed by atoms with van der Waals surface area (Å²) in [6, 6.07) is 6.83. The molecule has 2 rings (SSSR count). The van der Waals surface area contributed by atoms with Gasteiger partial charge in [0.15, 0.2) is 0 Å². The number of pyridine rings is 1. The number of rotatable bonds is 8. The van der Waals surface area contributed by atoms with Crippen molar-refractivity contribution in [3.8, 4) is 0 Å². The largest absolute Gasteiger partial charge is 0.277 e. The molecule has 0 saturated heterocycles. The van der Waals surface area contributed by atoms with Gasteiger partial charge >= 0.3 is 0 Å². The third-order valence-electron chi connectivity index (χ3n) is 3.89. The van der Waals surface area contributed by atoms with Crippen LogP contribution in [0.15, 0.2) is 53.7 Å². The lowest BCUT2D eigenvalue weighted by Crippen LogP contribution is -2.51. The third kappa shape index (κ3) is 5.09. The molecule has 1 heterocycles. The van der Waals surface area contributed by atoms with Gasteiger partial charge in [0.1, 0.15) is 11.9 Å². The van der Waals surface area contributed by atoms with Gasteiger partial charge in [0, 0.05) is 18.9 Å². The molecule has 0 aliphatic rings. The lowest BCUT2D eigenvalue weighted by molar-refractivity contribution is -0.136. The van der Waals surface area contributed by atoms with Crippen molar-refractivity contribution < 1.29 is 22.4 Å². The molecule has 1 N–H and O–H groups in total. The molecule has 27 heavy (non-hydrogen) atoms. The Morgan fingerprint density at radius 2 is 1.93 bits per heavy atom. The van der Waals surface area contributed by atoms with Gasteiger partial charge in [0.25, 0.3) is 5.91 Å². The Labute approximate surface area is 158 Å². The van der Waals surface area contributed by atoms with Crippen LogP contribution in [0, 0.1) is 11.7 Å². The first-order valence-corrected chi connectivity index (χ1v) is 9.70. The van der Waals surface area contributed by atoms with E-state index in [0.29, 0.717) is 5.56 Å². The number of halogens is 1. The minimum absolute atomic E-state index is 0.0759. The molecule has 9 heteroatoms.